The lowest BCUT2D eigenvalue weighted by Gasteiger charge is -2.31. The highest BCUT2D eigenvalue weighted by atomic mass is 16.5. The highest BCUT2D eigenvalue weighted by Crippen LogP contribution is 2.32. The monoisotopic (exact) mass is 310 g/mol. The molecule has 0 spiro atoms. The highest BCUT2D eigenvalue weighted by Gasteiger charge is 2.35. The summed E-state index contributed by atoms with van der Waals surface area (Å²) < 4.78 is 5.50. The maximum absolute atomic E-state index is 12.1. The topological polar surface area (TPSA) is 58.6 Å². The molecule has 2 rings (SSSR count). The van der Waals surface area contributed by atoms with Crippen LogP contribution in [-0.2, 0) is 14.3 Å². The van der Waals surface area contributed by atoms with Crippen molar-refractivity contribution in [1.82, 2.24) is 10.2 Å². The van der Waals surface area contributed by atoms with Gasteiger partial charge >= 0.3 is 0 Å². The lowest BCUT2D eigenvalue weighted by atomic mass is 9.95. The second-order valence-corrected chi connectivity index (χ2v) is 6.99. The first-order valence-electron chi connectivity index (χ1n) is 8.72. The molecule has 0 unspecified atom stereocenters. The minimum Gasteiger partial charge on any atom is -0.381 e. The van der Waals surface area contributed by atoms with Crippen molar-refractivity contribution in [3.8, 4) is 0 Å². The van der Waals surface area contributed by atoms with Gasteiger partial charge in [-0.1, -0.05) is 13.8 Å². The lowest BCUT2D eigenvalue weighted by Crippen LogP contribution is -2.43. The van der Waals surface area contributed by atoms with Gasteiger partial charge in [-0.3, -0.25) is 9.59 Å². The normalized spacial score (nSPS) is 19.5. The summed E-state index contributed by atoms with van der Waals surface area (Å²) in [6.45, 7) is 7.90. The minimum absolute atomic E-state index is 0.0693. The highest BCUT2D eigenvalue weighted by molar-refractivity contribution is 5.82. The molecule has 1 saturated heterocycles. The molecule has 0 radical (unpaired) electrons. The van der Waals surface area contributed by atoms with Crippen molar-refractivity contribution >= 4 is 11.8 Å². The number of hydrogen-bond donors (Lipinski definition) is 1. The molecule has 0 atom stereocenters. The predicted octanol–water partition coefficient (Wildman–Crippen LogP) is 1.81. The van der Waals surface area contributed by atoms with Crippen LogP contribution in [0.3, 0.4) is 0 Å². The zero-order chi connectivity index (χ0) is 15.9. The number of likely N-dealkylation sites (tertiary alicyclic amines) is 1. The van der Waals surface area contributed by atoms with Gasteiger partial charge in [-0.05, 0) is 38.0 Å². The number of amides is 2. The van der Waals surface area contributed by atoms with Crippen molar-refractivity contribution in [3.63, 3.8) is 0 Å². The van der Waals surface area contributed by atoms with Crippen LogP contribution in [0, 0.1) is 17.8 Å². The fraction of sp³-hybridized carbons (Fsp3) is 0.882. The molecule has 5 nitrogen and oxygen atoms in total. The van der Waals surface area contributed by atoms with Crippen LogP contribution in [0.5, 0.6) is 0 Å². The van der Waals surface area contributed by atoms with Gasteiger partial charge in [0.1, 0.15) is 0 Å². The summed E-state index contributed by atoms with van der Waals surface area (Å²) >= 11 is 0. The van der Waals surface area contributed by atoms with E-state index in [9.17, 15) is 9.59 Å². The van der Waals surface area contributed by atoms with Crippen molar-refractivity contribution in [3.05, 3.63) is 0 Å². The largest absolute Gasteiger partial charge is 0.381 e. The number of carbonyl (C=O) groups excluding carboxylic acids is 2. The fourth-order valence-electron chi connectivity index (χ4n) is 2.80. The number of nitrogens with one attached hydrogen (secondary N) is 1. The van der Waals surface area contributed by atoms with Crippen LogP contribution in [-0.4, -0.2) is 49.6 Å². The molecule has 1 saturated carbocycles. The van der Waals surface area contributed by atoms with Crippen molar-refractivity contribution in [1.29, 1.82) is 0 Å². The maximum Gasteiger partial charge on any atom is 0.225 e. The van der Waals surface area contributed by atoms with E-state index in [1.165, 1.54) is 0 Å². The van der Waals surface area contributed by atoms with E-state index >= 15 is 0 Å². The Bertz CT molecular complexity index is 372. The summed E-state index contributed by atoms with van der Waals surface area (Å²) in [5, 5.41) is 3.00. The zero-order valence-corrected chi connectivity index (χ0v) is 14.0. The third kappa shape index (κ3) is 5.59. The Balaban J connectivity index is 1.54. The Kier molecular flexibility index (Phi) is 6.68. The number of hydrogen-bond acceptors (Lipinski definition) is 3. The van der Waals surface area contributed by atoms with Crippen molar-refractivity contribution in [2.24, 2.45) is 17.8 Å². The van der Waals surface area contributed by atoms with Crippen LogP contribution >= 0.6 is 0 Å². The van der Waals surface area contributed by atoms with Crippen molar-refractivity contribution < 1.29 is 14.3 Å². The molecular weight excluding hydrogens is 280 g/mol. The van der Waals surface area contributed by atoms with Crippen LogP contribution in [0.2, 0.25) is 0 Å². The van der Waals surface area contributed by atoms with E-state index in [2.05, 4.69) is 19.2 Å². The van der Waals surface area contributed by atoms with Gasteiger partial charge in [0.15, 0.2) is 0 Å². The van der Waals surface area contributed by atoms with E-state index in [1.54, 1.807) is 0 Å². The summed E-state index contributed by atoms with van der Waals surface area (Å²) in [7, 11) is 0. The Hall–Kier alpha value is -1.10. The number of rotatable bonds is 8. The SMILES string of the molecule is CC(C)COCCCNC(=O)C1CCN(C(=O)C2CC2)CC1. The van der Waals surface area contributed by atoms with Gasteiger partial charge in [0.2, 0.25) is 11.8 Å². The van der Waals surface area contributed by atoms with E-state index in [0.717, 1.165) is 51.8 Å². The van der Waals surface area contributed by atoms with Crippen molar-refractivity contribution in [2.75, 3.05) is 32.8 Å². The predicted molar refractivity (Wildman–Crippen MR) is 85.3 cm³/mol. The van der Waals surface area contributed by atoms with Crippen LogP contribution in [0.4, 0.5) is 0 Å². The van der Waals surface area contributed by atoms with Gasteiger partial charge < -0.3 is 15.0 Å². The number of nitrogens with zero attached hydrogens (tertiary/aromatic N) is 1. The smallest absolute Gasteiger partial charge is 0.225 e. The Morgan fingerprint density at radius 2 is 1.82 bits per heavy atom. The Morgan fingerprint density at radius 1 is 1.14 bits per heavy atom. The summed E-state index contributed by atoms with van der Waals surface area (Å²) in [5.74, 6) is 1.36. The van der Waals surface area contributed by atoms with E-state index in [0.29, 0.717) is 25.0 Å². The molecule has 126 valence electrons. The zero-order valence-electron chi connectivity index (χ0n) is 14.0. The summed E-state index contributed by atoms with van der Waals surface area (Å²) in [5.41, 5.74) is 0. The average molecular weight is 310 g/mol. The van der Waals surface area contributed by atoms with E-state index in [4.69, 9.17) is 4.74 Å². The quantitative estimate of drug-likeness (QED) is 0.696. The first-order valence-corrected chi connectivity index (χ1v) is 8.72. The van der Waals surface area contributed by atoms with Crippen LogP contribution in [0.25, 0.3) is 0 Å². The maximum atomic E-state index is 12.1. The molecule has 22 heavy (non-hydrogen) atoms. The van der Waals surface area contributed by atoms with E-state index in [1.807, 2.05) is 4.90 Å². The van der Waals surface area contributed by atoms with Gasteiger partial charge in [-0.15, -0.1) is 0 Å². The van der Waals surface area contributed by atoms with Gasteiger partial charge in [0.25, 0.3) is 0 Å². The van der Waals surface area contributed by atoms with Crippen LogP contribution in [0.1, 0.15) is 46.0 Å². The summed E-state index contributed by atoms with van der Waals surface area (Å²) in [6.07, 6.45) is 4.57. The molecule has 5 heteroatoms. The average Bonchev–Trinajstić information content (AvgIpc) is 3.34. The van der Waals surface area contributed by atoms with Gasteiger partial charge in [-0.25, -0.2) is 0 Å². The fourth-order valence-corrected chi connectivity index (χ4v) is 2.80. The molecule has 1 heterocycles. The molecule has 2 fully saturated rings. The molecule has 2 aliphatic rings. The van der Waals surface area contributed by atoms with Gasteiger partial charge in [0.05, 0.1) is 0 Å². The first kappa shape index (κ1) is 17.3. The second kappa shape index (κ2) is 8.51. The number of carbonyl (C=O) groups is 2. The van der Waals surface area contributed by atoms with E-state index in [-0.39, 0.29) is 17.7 Å². The molecule has 0 aromatic carbocycles. The second-order valence-electron chi connectivity index (χ2n) is 6.99. The molecule has 1 aliphatic heterocycles. The third-order valence-electron chi connectivity index (χ3n) is 4.32. The molecule has 2 amide bonds. The third-order valence-corrected chi connectivity index (χ3v) is 4.32. The first-order chi connectivity index (χ1) is 10.6. The summed E-state index contributed by atoms with van der Waals surface area (Å²) in [4.78, 5) is 26.0. The molecule has 0 bridgehead atoms. The molecule has 0 aromatic rings. The Labute approximate surface area is 133 Å². The van der Waals surface area contributed by atoms with Gasteiger partial charge in [0, 0.05) is 44.7 Å². The van der Waals surface area contributed by atoms with E-state index < -0.39 is 0 Å². The standard InChI is InChI=1S/C17H30N2O3/c1-13(2)12-22-11-3-8-18-16(20)14-6-9-19(10-7-14)17(21)15-4-5-15/h13-15H,3-12H2,1-2H3,(H,18,20). The van der Waals surface area contributed by atoms with Crippen LogP contribution < -0.4 is 5.32 Å². The number of ether oxygens (including phenoxy) is 1. The molecule has 1 aliphatic carbocycles. The van der Waals surface area contributed by atoms with Gasteiger partial charge in [-0.2, -0.15) is 0 Å². The minimum atomic E-state index is 0.0693. The van der Waals surface area contributed by atoms with Crippen LogP contribution in [0.15, 0.2) is 0 Å². The number of piperidine rings is 1. The lowest BCUT2D eigenvalue weighted by molar-refractivity contribution is -0.136. The molecule has 1 N–H and O–H groups in total. The molecule has 0 aromatic heterocycles. The molecular formula is C17H30N2O3. The van der Waals surface area contributed by atoms with Crippen molar-refractivity contribution in [2.45, 2.75) is 46.0 Å². The Morgan fingerprint density at radius 3 is 2.41 bits per heavy atom. The summed E-state index contributed by atoms with van der Waals surface area (Å²) in [6, 6.07) is 0.